The molecule has 0 saturated carbocycles. The van der Waals surface area contributed by atoms with Gasteiger partial charge in [0.25, 0.3) is 5.91 Å². The lowest BCUT2D eigenvalue weighted by atomic mass is 10.0. The van der Waals surface area contributed by atoms with Crippen LogP contribution in [0, 0.1) is 0 Å². The third-order valence-corrected chi connectivity index (χ3v) is 3.94. The highest BCUT2D eigenvalue weighted by Crippen LogP contribution is 2.31. The standard InChI is InChI=1S/C13H16Cl2N2O2/c1-19-12-6-11(15)10(14)5-9(12)13(18)17-4-2-3-8(16)7-17/h5-6,8H,2-4,7,16H2,1H3. The molecule has 4 nitrogen and oxygen atoms in total. The van der Waals surface area contributed by atoms with E-state index in [-0.39, 0.29) is 11.9 Å². The first kappa shape index (κ1) is 14.4. The zero-order chi connectivity index (χ0) is 14.0. The molecule has 1 amide bonds. The molecule has 2 rings (SSSR count). The summed E-state index contributed by atoms with van der Waals surface area (Å²) in [6.07, 6.45) is 1.86. The predicted octanol–water partition coefficient (Wildman–Crippen LogP) is 2.57. The van der Waals surface area contributed by atoms with E-state index >= 15 is 0 Å². The van der Waals surface area contributed by atoms with Crippen LogP contribution in [-0.4, -0.2) is 37.0 Å². The Kier molecular flexibility index (Phi) is 4.55. The van der Waals surface area contributed by atoms with Gasteiger partial charge in [-0.05, 0) is 18.9 Å². The van der Waals surface area contributed by atoms with Gasteiger partial charge in [0.15, 0.2) is 0 Å². The monoisotopic (exact) mass is 302 g/mol. The van der Waals surface area contributed by atoms with Gasteiger partial charge in [0.2, 0.25) is 0 Å². The van der Waals surface area contributed by atoms with Gasteiger partial charge < -0.3 is 15.4 Å². The van der Waals surface area contributed by atoms with Crippen molar-refractivity contribution in [1.82, 2.24) is 4.90 Å². The largest absolute Gasteiger partial charge is 0.496 e. The number of nitrogens with zero attached hydrogens (tertiary/aromatic N) is 1. The highest BCUT2D eigenvalue weighted by atomic mass is 35.5. The minimum absolute atomic E-state index is 0.0338. The van der Waals surface area contributed by atoms with Crippen LogP contribution in [0.2, 0.25) is 10.0 Å². The van der Waals surface area contributed by atoms with Crippen LogP contribution in [0.1, 0.15) is 23.2 Å². The molecule has 1 aliphatic rings. The maximum atomic E-state index is 12.5. The maximum Gasteiger partial charge on any atom is 0.257 e. The fourth-order valence-corrected chi connectivity index (χ4v) is 2.55. The zero-order valence-electron chi connectivity index (χ0n) is 10.7. The summed E-state index contributed by atoms with van der Waals surface area (Å²) in [7, 11) is 1.50. The van der Waals surface area contributed by atoms with Gasteiger partial charge in [-0.15, -0.1) is 0 Å². The lowest BCUT2D eigenvalue weighted by molar-refractivity contribution is 0.0705. The lowest BCUT2D eigenvalue weighted by Gasteiger charge is -2.31. The van der Waals surface area contributed by atoms with E-state index in [1.54, 1.807) is 17.0 Å². The number of likely N-dealkylation sites (tertiary alicyclic amines) is 1. The van der Waals surface area contributed by atoms with Crippen LogP contribution in [0.15, 0.2) is 12.1 Å². The summed E-state index contributed by atoms with van der Waals surface area (Å²) in [6, 6.07) is 3.14. The van der Waals surface area contributed by atoms with Crippen molar-refractivity contribution in [3.05, 3.63) is 27.7 Å². The van der Waals surface area contributed by atoms with Gasteiger partial charge in [-0.3, -0.25) is 4.79 Å². The molecule has 1 heterocycles. The first-order valence-electron chi connectivity index (χ1n) is 6.11. The maximum absolute atomic E-state index is 12.5. The van der Waals surface area contributed by atoms with Crippen LogP contribution in [-0.2, 0) is 0 Å². The highest BCUT2D eigenvalue weighted by Gasteiger charge is 2.25. The second-order valence-corrected chi connectivity index (χ2v) is 5.43. The van der Waals surface area contributed by atoms with Crippen molar-refractivity contribution in [3.8, 4) is 5.75 Å². The molecular formula is C13H16Cl2N2O2. The molecule has 1 fully saturated rings. The molecule has 19 heavy (non-hydrogen) atoms. The molecule has 1 aromatic rings. The number of halogens is 2. The molecule has 1 aliphatic heterocycles. The predicted molar refractivity (Wildman–Crippen MR) is 76.1 cm³/mol. The molecule has 2 N–H and O–H groups in total. The van der Waals surface area contributed by atoms with Gasteiger partial charge in [0, 0.05) is 25.2 Å². The van der Waals surface area contributed by atoms with E-state index in [4.69, 9.17) is 33.7 Å². The minimum Gasteiger partial charge on any atom is -0.496 e. The van der Waals surface area contributed by atoms with Crippen molar-refractivity contribution in [1.29, 1.82) is 0 Å². The fourth-order valence-electron chi connectivity index (χ4n) is 2.23. The fraction of sp³-hybridized carbons (Fsp3) is 0.462. The number of carbonyl (C=O) groups is 1. The van der Waals surface area contributed by atoms with Gasteiger partial charge in [0.1, 0.15) is 5.75 Å². The smallest absolute Gasteiger partial charge is 0.257 e. The van der Waals surface area contributed by atoms with E-state index in [9.17, 15) is 4.79 Å². The van der Waals surface area contributed by atoms with Gasteiger partial charge in [0.05, 0.1) is 22.7 Å². The molecule has 104 valence electrons. The topological polar surface area (TPSA) is 55.6 Å². The molecule has 1 unspecified atom stereocenters. The van der Waals surface area contributed by atoms with Crippen LogP contribution in [0.5, 0.6) is 5.75 Å². The Hall–Kier alpha value is -0.970. The van der Waals surface area contributed by atoms with Gasteiger partial charge in [-0.25, -0.2) is 0 Å². The summed E-state index contributed by atoms with van der Waals surface area (Å²) in [5, 5.41) is 0.706. The van der Waals surface area contributed by atoms with Crippen LogP contribution >= 0.6 is 23.2 Å². The number of methoxy groups -OCH3 is 1. The number of nitrogens with two attached hydrogens (primary N) is 1. The first-order chi connectivity index (χ1) is 9.02. The number of benzene rings is 1. The van der Waals surface area contributed by atoms with Crippen molar-refractivity contribution in [3.63, 3.8) is 0 Å². The van der Waals surface area contributed by atoms with E-state index in [0.717, 1.165) is 12.8 Å². The quantitative estimate of drug-likeness (QED) is 0.913. The van der Waals surface area contributed by atoms with E-state index in [0.29, 0.717) is 34.4 Å². The first-order valence-corrected chi connectivity index (χ1v) is 6.86. The van der Waals surface area contributed by atoms with Crippen molar-refractivity contribution < 1.29 is 9.53 Å². The molecule has 1 atom stereocenters. The summed E-state index contributed by atoms with van der Waals surface area (Å²) in [5.41, 5.74) is 6.32. The molecule has 0 aliphatic carbocycles. The molecule has 6 heteroatoms. The Morgan fingerprint density at radius 3 is 2.74 bits per heavy atom. The van der Waals surface area contributed by atoms with Crippen LogP contribution in [0.4, 0.5) is 0 Å². The minimum atomic E-state index is -0.120. The van der Waals surface area contributed by atoms with Crippen LogP contribution < -0.4 is 10.5 Å². The number of rotatable bonds is 2. The van der Waals surface area contributed by atoms with Crippen molar-refractivity contribution >= 4 is 29.1 Å². The van der Waals surface area contributed by atoms with Crippen molar-refractivity contribution in [2.45, 2.75) is 18.9 Å². The normalized spacial score (nSPS) is 19.4. The third-order valence-electron chi connectivity index (χ3n) is 3.22. The third kappa shape index (κ3) is 3.14. The zero-order valence-corrected chi connectivity index (χ0v) is 12.2. The Morgan fingerprint density at radius 1 is 1.42 bits per heavy atom. The number of ether oxygens (including phenoxy) is 1. The SMILES string of the molecule is COc1cc(Cl)c(Cl)cc1C(=O)N1CCCC(N)C1. The Morgan fingerprint density at radius 2 is 2.11 bits per heavy atom. The van der Waals surface area contributed by atoms with Gasteiger partial charge in [-0.1, -0.05) is 23.2 Å². The molecule has 0 bridgehead atoms. The molecule has 1 aromatic carbocycles. The van der Waals surface area contributed by atoms with E-state index in [1.165, 1.54) is 7.11 Å². The number of amides is 1. The summed E-state index contributed by atoms with van der Waals surface area (Å²) in [6.45, 7) is 1.26. The Labute approximate surface area is 122 Å². The average molecular weight is 303 g/mol. The molecule has 1 saturated heterocycles. The number of hydrogen-bond donors (Lipinski definition) is 1. The Balaban J connectivity index is 2.30. The molecule has 0 radical (unpaired) electrons. The lowest BCUT2D eigenvalue weighted by Crippen LogP contribution is -2.45. The second-order valence-electron chi connectivity index (χ2n) is 4.62. The van der Waals surface area contributed by atoms with Gasteiger partial charge >= 0.3 is 0 Å². The highest BCUT2D eigenvalue weighted by molar-refractivity contribution is 6.42. The van der Waals surface area contributed by atoms with E-state index < -0.39 is 0 Å². The number of carbonyl (C=O) groups excluding carboxylic acids is 1. The van der Waals surface area contributed by atoms with Crippen molar-refractivity contribution in [2.24, 2.45) is 5.73 Å². The second kappa shape index (κ2) is 5.99. The number of hydrogen-bond acceptors (Lipinski definition) is 3. The summed E-state index contributed by atoms with van der Waals surface area (Å²) in [5.74, 6) is 0.309. The van der Waals surface area contributed by atoms with Gasteiger partial charge in [-0.2, -0.15) is 0 Å². The van der Waals surface area contributed by atoms with Crippen LogP contribution in [0.3, 0.4) is 0 Å². The summed E-state index contributed by atoms with van der Waals surface area (Å²) >= 11 is 11.9. The molecule has 0 spiro atoms. The summed E-state index contributed by atoms with van der Waals surface area (Å²) < 4.78 is 5.20. The van der Waals surface area contributed by atoms with E-state index in [1.807, 2.05) is 0 Å². The van der Waals surface area contributed by atoms with Crippen LogP contribution in [0.25, 0.3) is 0 Å². The number of piperidine rings is 1. The Bertz CT molecular complexity index is 494. The molecule has 0 aromatic heterocycles. The van der Waals surface area contributed by atoms with E-state index in [2.05, 4.69) is 0 Å². The van der Waals surface area contributed by atoms with Crippen molar-refractivity contribution in [2.75, 3.05) is 20.2 Å². The summed E-state index contributed by atoms with van der Waals surface area (Å²) in [4.78, 5) is 14.2. The molecular weight excluding hydrogens is 287 g/mol. The average Bonchev–Trinajstić information content (AvgIpc) is 2.40.